The number of hydrogen-bond acceptors (Lipinski definition) is 20. The number of pyridine rings is 4. The Kier molecular flexibility index (Phi) is 23.5. The number of halogens is 4. The number of likely N-dealkylation sites (N-methyl/N-ethyl adjacent to an activating group) is 1. The SMILES string of the molecule is CCOc1ccn(-c2ccc(F)cc2)c(=O)c1C(=O)Nc1ccc(Oc2ccnc3cc(OCCCN4CCN(C(C)=O)CC4)c4c(c23)OCCO4)c(F)c1.CCOc1ccn(-c2ccc(F)cc2)c(=O)c1C(=O)Nc1ccc(Oc2ccnc3cc(OCCCN4CCN(C)CC4)c4c(c23)OCCO4)c(F)c1. The molecule has 0 saturated carbocycles. The lowest BCUT2D eigenvalue weighted by Crippen LogP contribution is -2.48. The number of carbonyl (C=O) groups is 3. The number of fused-ring (bicyclic) bond motifs is 6. The van der Waals surface area contributed by atoms with Gasteiger partial charge < -0.3 is 72.7 Å². The molecule has 29 heteroatoms. The maximum atomic E-state index is 15.6. The van der Waals surface area contributed by atoms with Crippen molar-refractivity contribution in [2.75, 3.05) is 136 Å². The molecule has 108 heavy (non-hydrogen) atoms. The topological polar surface area (TPSA) is 250 Å². The first-order valence-corrected chi connectivity index (χ1v) is 35.4. The van der Waals surface area contributed by atoms with Crippen molar-refractivity contribution in [2.45, 2.75) is 33.6 Å². The maximum absolute atomic E-state index is 15.6. The van der Waals surface area contributed by atoms with Crippen molar-refractivity contribution in [3.63, 3.8) is 0 Å². The van der Waals surface area contributed by atoms with Gasteiger partial charge in [0.1, 0.15) is 72.2 Å². The van der Waals surface area contributed by atoms with Crippen LogP contribution in [0.25, 0.3) is 33.2 Å². The molecule has 0 spiro atoms. The summed E-state index contributed by atoms with van der Waals surface area (Å²) in [7, 11) is 2.13. The van der Waals surface area contributed by atoms with Gasteiger partial charge in [0, 0.05) is 144 Å². The molecule has 4 aliphatic heterocycles. The third-order valence-corrected chi connectivity index (χ3v) is 18.2. The lowest BCUT2D eigenvalue weighted by molar-refractivity contribution is -0.130. The molecule has 25 nitrogen and oxygen atoms in total. The van der Waals surface area contributed by atoms with Crippen molar-refractivity contribution in [3.05, 3.63) is 201 Å². The fraction of sp³-hybridized carbons (Fsp3) is 0.304. The van der Waals surface area contributed by atoms with Crippen LogP contribution in [0.4, 0.5) is 28.9 Å². The molecule has 0 radical (unpaired) electrons. The molecular weight excluding hydrogens is 1400 g/mol. The second-order valence-corrected chi connectivity index (χ2v) is 25.4. The minimum atomic E-state index is -0.826. The van der Waals surface area contributed by atoms with E-state index in [1.165, 1.54) is 113 Å². The molecule has 2 saturated heterocycles. The molecule has 0 atom stereocenters. The Labute approximate surface area is 617 Å². The van der Waals surface area contributed by atoms with E-state index in [9.17, 15) is 32.8 Å². The van der Waals surface area contributed by atoms with Gasteiger partial charge in [-0.05, 0) is 131 Å². The van der Waals surface area contributed by atoms with Gasteiger partial charge in [-0.2, -0.15) is 0 Å². The molecule has 0 unspecified atom stereocenters. The zero-order valence-electron chi connectivity index (χ0n) is 59.7. The minimum Gasteiger partial charge on any atom is -0.493 e. The van der Waals surface area contributed by atoms with E-state index >= 15 is 8.78 Å². The van der Waals surface area contributed by atoms with Crippen LogP contribution in [-0.2, 0) is 4.79 Å². The molecule has 6 aromatic carbocycles. The summed E-state index contributed by atoms with van der Waals surface area (Å²) in [6, 6.07) is 27.8. The number of nitrogens with zero attached hydrogens (tertiary/aromatic N) is 8. The van der Waals surface area contributed by atoms with Gasteiger partial charge >= 0.3 is 0 Å². The Morgan fingerprint density at radius 1 is 0.463 bits per heavy atom. The summed E-state index contributed by atoms with van der Waals surface area (Å²) in [4.78, 5) is 83.4. The van der Waals surface area contributed by atoms with Crippen molar-refractivity contribution < 1.29 is 79.3 Å². The molecule has 4 aromatic heterocycles. The molecule has 2 fully saturated rings. The van der Waals surface area contributed by atoms with Gasteiger partial charge in [-0.3, -0.25) is 48.0 Å². The lowest BCUT2D eigenvalue weighted by Gasteiger charge is -2.34. The van der Waals surface area contributed by atoms with E-state index in [4.69, 9.17) is 47.4 Å². The standard InChI is InChI=1S/C40H39F2N5O8.C39H39F2N5O7/c1-3-51-32-12-15-47(28-8-5-26(41)6-9-28)40(50)36(32)39(49)44-27-7-10-31(29(42)23-27)55-33-11-13-43-30-24-34(37-38(35(30)33)54-22-21-53-37)52-20-4-14-45-16-18-46(19-17-45)25(2)48;1-3-49-31-12-15-46(27-8-5-25(40)6-9-27)39(48)35(31)38(47)43-26-7-10-30(28(41)23-26)53-32-11-13-42-29-24-33(36-37(34(29)32)52-22-21-51-36)50-20-4-14-45-18-16-44(2)17-19-45/h5-13,15,23-24H,3-4,14,16-22H2,1-2H3,(H,44,49);5-13,15,23-24H,3-4,14,16-22H2,1-2H3,(H,43,47). The number of piperazine rings is 2. The first-order chi connectivity index (χ1) is 52.5. The third kappa shape index (κ3) is 17.1. The summed E-state index contributed by atoms with van der Waals surface area (Å²) in [5.74, 6) is -1.14. The van der Waals surface area contributed by atoms with Gasteiger partial charge in [-0.1, -0.05) is 0 Å². The molecule has 8 heterocycles. The zero-order chi connectivity index (χ0) is 75.4. The average molecular weight is 1480 g/mol. The fourth-order valence-electron chi connectivity index (χ4n) is 12.8. The number of rotatable bonds is 24. The van der Waals surface area contributed by atoms with Crippen LogP contribution >= 0.6 is 0 Å². The van der Waals surface area contributed by atoms with Crippen molar-refractivity contribution in [1.82, 2.24) is 38.7 Å². The monoisotopic (exact) mass is 1480 g/mol. The zero-order valence-corrected chi connectivity index (χ0v) is 59.7. The number of benzene rings is 6. The summed E-state index contributed by atoms with van der Waals surface area (Å²) in [6.45, 7) is 16.5. The van der Waals surface area contributed by atoms with Gasteiger partial charge in [-0.15, -0.1) is 0 Å². The third-order valence-electron chi connectivity index (χ3n) is 18.2. The number of nitrogens with one attached hydrogen (secondary N) is 2. The van der Waals surface area contributed by atoms with E-state index in [-0.39, 0.29) is 82.7 Å². The van der Waals surface area contributed by atoms with Gasteiger partial charge in [0.05, 0.1) is 48.2 Å². The molecule has 0 aliphatic carbocycles. The van der Waals surface area contributed by atoms with Crippen LogP contribution in [0.2, 0.25) is 0 Å². The van der Waals surface area contributed by atoms with Gasteiger partial charge in [0.25, 0.3) is 22.9 Å². The lowest BCUT2D eigenvalue weighted by atomic mass is 10.1. The molecule has 10 aromatic rings. The molecular formula is C79H78F4N10O15. The van der Waals surface area contributed by atoms with E-state index in [1.54, 1.807) is 51.2 Å². The number of carbonyl (C=O) groups excluding carboxylic acids is 3. The summed E-state index contributed by atoms with van der Waals surface area (Å²) >= 11 is 0. The molecule has 562 valence electrons. The molecule has 14 rings (SSSR count). The Balaban J connectivity index is 0.000000191. The maximum Gasteiger partial charge on any atom is 0.271 e. The second kappa shape index (κ2) is 34.1. The van der Waals surface area contributed by atoms with E-state index < -0.39 is 46.2 Å². The highest BCUT2D eigenvalue weighted by Gasteiger charge is 2.30. The second-order valence-electron chi connectivity index (χ2n) is 25.4. The van der Waals surface area contributed by atoms with E-state index in [0.717, 1.165) is 77.3 Å². The molecule has 0 bridgehead atoms. The van der Waals surface area contributed by atoms with Gasteiger partial charge in [0.2, 0.25) is 17.4 Å². The van der Waals surface area contributed by atoms with Crippen LogP contribution in [0.3, 0.4) is 0 Å². The predicted molar refractivity (Wildman–Crippen MR) is 394 cm³/mol. The predicted octanol–water partition coefficient (Wildman–Crippen LogP) is 11.7. The minimum absolute atomic E-state index is 0.0390. The number of amides is 3. The van der Waals surface area contributed by atoms with Crippen LogP contribution in [0.5, 0.6) is 69.0 Å². The Bertz CT molecular complexity index is 5070. The van der Waals surface area contributed by atoms with Crippen molar-refractivity contribution in [1.29, 1.82) is 0 Å². The Morgan fingerprint density at radius 2 is 0.870 bits per heavy atom. The number of aromatic nitrogens is 4. The number of ether oxygens (including phenoxy) is 10. The summed E-state index contributed by atoms with van der Waals surface area (Å²) in [6.07, 6.45) is 7.54. The quantitative estimate of drug-likeness (QED) is 0.0421. The highest BCUT2D eigenvalue weighted by atomic mass is 19.1. The molecule has 3 amide bonds. The summed E-state index contributed by atoms with van der Waals surface area (Å²) in [5.41, 5.74) is -0.180. The van der Waals surface area contributed by atoms with Crippen LogP contribution in [-0.4, -0.2) is 182 Å². The van der Waals surface area contributed by atoms with E-state index in [0.29, 0.717) is 114 Å². The number of hydrogen-bond donors (Lipinski definition) is 2. The average Bonchev–Trinajstić information content (AvgIpc) is 0.772. The highest BCUT2D eigenvalue weighted by Crippen LogP contribution is 2.50. The summed E-state index contributed by atoms with van der Waals surface area (Å²) in [5, 5.41) is 6.12. The summed E-state index contributed by atoms with van der Waals surface area (Å²) < 4.78 is 120. The van der Waals surface area contributed by atoms with Crippen molar-refractivity contribution in [2.24, 2.45) is 0 Å². The van der Waals surface area contributed by atoms with Crippen molar-refractivity contribution >= 4 is 50.9 Å². The smallest absolute Gasteiger partial charge is 0.271 e. The molecule has 2 N–H and O–H groups in total. The molecule has 4 aliphatic rings. The van der Waals surface area contributed by atoms with Crippen LogP contribution in [0, 0.1) is 23.3 Å². The normalized spacial score (nSPS) is 14.3. The van der Waals surface area contributed by atoms with Crippen LogP contribution in [0.15, 0.2) is 156 Å². The van der Waals surface area contributed by atoms with Gasteiger partial charge in [-0.25, -0.2) is 17.6 Å². The number of anilines is 2. The largest absolute Gasteiger partial charge is 0.493 e. The Hall–Kier alpha value is -12.0. The first kappa shape index (κ1) is 74.3. The van der Waals surface area contributed by atoms with Crippen LogP contribution < -0.4 is 69.1 Å². The fourth-order valence-corrected chi connectivity index (χ4v) is 12.8. The van der Waals surface area contributed by atoms with Gasteiger partial charge in [0.15, 0.2) is 46.1 Å². The first-order valence-electron chi connectivity index (χ1n) is 35.4. The van der Waals surface area contributed by atoms with E-state index in [1.807, 2.05) is 4.90 Å². The highest BCUT2D eigenvalue weighted by molar-refractivity contribution is 6.07. The van der Waals surface area contributed by atoms with Crippen molar-refractivity contribution in [3.8, 4) is 80.4 Å². The van der Waals surface area contributed by atoms with Crippen LogP contribution in [0.1, 0.15) is 54.3 Å². The van der Waals surface area contributed by atoms with E-state index in [2.05, 4.69) is 42.3 Å². The Morgan fingerprint density at radius 3 is 1.27 bits per heavy atom.